The fourth-order valence-electron chi connectivity index (χ4n) is 8.41. The number of hydrogen-bond acceptors (Lipinski definition) is 10. The molecule has 18 heteroatoms. The Labute approximate surface area is 419 Å². The Morgan fingerprint density at radius 2 is 1.61 bits per heavy atom. The summed E-state index contributed by atoms with van der Waals surface area (Å²) in [4.78, 5) is 64.2. The Bertz CT molecular complexity index is 2930. The number of carbonyl (C=O) groups excluding carboxylic acids is 4. The maximum atomic E-state index is 14.2. The van der Waals surface area contributed by atoms with Crippen LogP contribution < -0.4 is 29.9 Å². The molecule has 0 radical (unpaired) electrons. The van der Waals surface area contributed by atoms with Crippen LogP contribution in [-0.4, -0.2) is 76.0 Å². The number of likely N-dealkylation sites (tertiary alicyclic amines) is 1. The fourth-order valence-corrected chi connectivity index (χ4v) is 9.74. The van der Waals surface area contributed by atoms with E-state index in [9.17, 15) is 37.6 Å². The fraction of sp³-hybridized carbons (Fsp3) is 0.340. The lowest BCUT2D eigenvalue weighted by Gasteiger charge is -2.35. The zero-order valence-corrected chi connectivity index (χ0v) is 41.8. The summed E-state index contributed by atoms with van der Waals surface area (Å²) in [5, 5.41) is 15.1. The number of thiazole rings is 1. The predicted octanol–water partition coefficient (Wildman–Crippen LogP) is 8.82. The number of alkyl halides is 3. The molecule has 13 nitrogen and oxygen atoms in total. The lowest BCUT2D eigenvalue weighted by atomic mass is 9.85. The molecule has 2 aliphatic rings. The van der Waals surface area contributed by atoms with Crippen LogP contribution in [0.1, 0.15) is 75.9 Å². The smallest absolute Gasteiger partial charge is 0.417 e. The lowest BCUT2D eigenvalue weighted by molar-refractivity contribution is -0.144. The van der Waals surface area contributed by atoms with Crippen molar-refractivity contribution in [1.82, 2.24) is 20.5 Å². The second-order valence-corrected chi connectivity index (χ2v) is 20.2. The number of nitrogens with zero attached hydrogens (tertiary/aromatic N) is 5. The number of thiocarbonyl (C=S) groups is 1. The summed E-state index contributed by atoms with van der Waals surface area (Å²) in [7, 11) is 0. The molecule has 71 heavy (non-hydrogen) atoms. The second kappa shape index (κ2) is 21.0. The average Bonchev–Trinajstić information content (AvgIpc) is 4.00. The number of anilines is 2. The number of aromatic nitrogens is 1. The molecule has 0 spiro atoms. The number of benzene rings is 4. The molecule has 2 fully saturated rings. The molecule has 4 aromatic carbocycles. The first-order valence-corrected chi connectivity index (χ1v) is 24.0. The summed E-state index contributed by atoms with van der Waals surface area (Å²) in [6.45, 7) is 13.1. The van der Waals surface area contributed by atoms with E-state index in [0.717, 1.165) is 38.7 Å². The van der Waals surface area contributed by atoms with Crippen LogP contribution in [0, 0.1) is 41.4 Å². The number of aryl methyl sites for hydroxylation is 1. The summed E-state index contributed by atoms with van der Waals surface area (Å²) in [6, 6.07) is 24.4. The normalized spacial score (nSPS) is 17.0. The van der Waals surface area contributed by atoms with Gasteiger partial charge in [-0.05, 0) is 129 Å². The second-order valence-electron chi connectivity index (χ2n) is 18.9. The first-order chi connectivity index (χ1) is 33.6. The third-order valence-corrected chi connectivity index (χ3v) is 13.5. The van der Waals surface area contributed by atoms with E-state index >= 15 is 0 Å². The molecular formula is C53H52F3N7O6S2. The Hall–Kier alpha value is -7.28. The summed E-state index contributed by atoms with van der Waals surface area (Å²) in [5.74, 6) is 5.31. The molecular weight excluding hydrogens is 952 g/mol. The average molecular weight is 1000 g/mol. The lowest BCUT2D eigenvalue weighted by Crippen LogP contribution is -2.58. The number of ether oxygens (including phenoxy) is 2. The minimum Gasteiger partial charge on any atom is -0.484 e. The van der Waals surface area contributed by atoms with Crippen LogP contribution in [0.5, 0.6) is 11.5 Å². The molecule has 2 aliphatic heterocycles. The number of nitriles is 1. The number of hydrogen-bond donors (Lipinski definition) is 2. The van der Waals surface area contributed by atoms with Gasteiger partial charge in [-0.2, -0.15) is 18.4 Å². The Kier molecular flexibility index (Phi) is 15.2. The first-order valence-electron chi connectivity index (χ1n) is 22.7. The van der Waals surface area contributed by atoms with Gasteiger partial charge >= 0.3 is 6.18 Å². The third-order valence-electron chi connectivity index (χ3n) is 12.2. The van der Waals surface area contributed by atoms with Crippen LogP contribution in [0.2, 0.25) is 0 Å². The van der Waals surface area contributed by atoms with Crippen molar-refractivity contribution in [3.63, 3.8) is 0 Å². The van der Waals surface area contributed by atoms with Crippen molar-refractivity contribution in [2.45, 2.75) is 85.2 Å². The van der Waals surface area contributed by atoms with Crippen LogP contribution in [-0.2, 0) is 31.9 Å². The molecule has 3 atom stereocenters. The molecule has 3 heterocycles. The van der Waals surface area contributed by atoms with Gasteiger partial charge in [0.15, 0.2) is 11.7 Å². The van der Waals surface area contributed by atoms with Crippen LogP contribution >= 0.6 is 23.6 Å². The molecule has 4 amide bonds. The molecule has 2 N–H and O–H groups in total. The van der Waals surface area contributed by atoms with E-state index in [1.54, 1.807) is 89.6 Å². The maximum absolute atomic E-state index is 14.2. The highest BCUT2D eigenvalue weighted by Gasteiger charge is 2.51. The minimum atomic E-state index is -4.81. The monoisotopic (exact) mass is 1000 g/mol. The number of rotatable bonds is 13. The van der Waals surface area contributed by atoms with Crippen molar-refractivity contribution in [2.75, 3.05) is 29.6 Å². The van der Waals surface area contributed by atoms with Crippen molar-refractivity contribution in [3.8, 4) is 39.8 Å². The van der Waals surface area contributed by atoms with Crippen molar-refractivity contribution in [1.29, 1.82) is 5.26 Å². The van der Waals surface area contributed by atoms with E-state index in [0.29, 0.717) is 42.3 Å². The number of amides is 4. The molecule has 0 bridgehead atoms. The highest BCUT2D eigenvalue weighted by molar-refractivity contribution is 7.81. The molecule has 7 rings (SSSR count). The third kappa shape index (κ3) is 11.7. The van der Waals surface area contributed by atoms with Gasteiger partial charge in [0.05, 0.1) is 39.0 Å². The van der Waals surface area contributed by atoms with Crippen LogP contribution in [0.3, 0.4) is 0 Å². The van der Waals surface area contributed by atoms with Gasteiger partial charge in [-0.15, -0.1) is 11.3 Å². The first kappa shape index (κ1) is 51.6. The van der Waals surface area contributed by atoms with E-state index < -0.39 is 52.2 Å². The standard InChI is InChI=1S/C53H52F3N7O6S2/c1-32-25-43(47(65)58-28-35-10-14-36(15-11-35)45-33(2)59-31-71-45)61(29-32)48(66)46(51(3,4)5)60-44(64)30-69-41-22-20-40(21-23-41)68-24-8-9-34-12-17-38(18-13-34)63-50(70)62(49(67)52(63,6)7)39-19-16-37(27-57)42(26-39)53(54,55)56/h10-23,26,31-32,43,46H,24-25,28-30H2,1-7H3,(H,58,65)(H,60,64)/t32-,43+,46-/m1/s1. The van der Waals surface area contributed by atoms with Gasteiger partial charge in [0.1, 0.15) is 35.7 Å². The van der Waals surface area contributed by atoms with Crippen LogP contribution in [0.4, 0.5) is 24.5 Å². The minimum absolute atomic E-state index is 0.0204. The van der Waals surface area contributed by atoms with Crippen LogP contribution in [0.15, 0.2) is 96.5 Å². The molecule has 0 saturated carbocycles. The van der Waals surface area contributed by atoms with Gasteiger partial charge < -0.3 is 29.9 Å². The zero-order chi connectivity index (χ0) is 51.4. The molecule has 368 valence electrons. The highest BCUT2D eigenvalue weighted by atomic mass is 32.1. The molecule has 0 unspecified atom stereocenters. The Balaban J connectivity index is 0.887. The van der Waals surface area contributed by atoms with Crippen molar-refractivity contribution in [2.24, 2.45) is 11.3 Å². The van der Waals surface area contributed by atoms with Gasteiger partial charge in [0, 0.05) is 24.3 Å². The SMILES string of the molecule is Cc1ncsc1-c1ccc(CNC(=O)[C@@H]2C[C@@H](C)CN2C(=O)[C@@H](NC(=O)COc2ccc(OCC#Cc3ccc(N4C(=S)N(c5ccc(C#N)c(C(F)(F)F)c5)C(=O)C4(C)C)cc3)cc2)C(C)(C)C)cc1. The topological polar surface area (TPSA) is 157 Å². The summed E-state index contributed by atoms with van der Waals surface area (Å²) in [5.41, 5.74) is 2.16. The molecule has 1 aromatic heterocycles. The summed E-state index contributed by atoms with van der Waals surface area (Å²) < 4.78 is 52.8. The number of nitrogens with one attached hydrogen (secondary N) is 2. The Morgan fingerprint density at radius 3 is 2.21 bits per heavy atom. The molecule has 2 saturated heterocycles. The highest BCUT2D eigenvalue weighted by Crippen LogP contribution is 2.40. The van der Waals surface area contributed by atoms with E-state index in [1.165, 1.54) is 6.07 Å². The van der Waals surface area contributed by atoms with Gasteiger partial charge in [-0.1, -0.05) is 63.8 Å². The Morgan fingerprint density at radius 1 is 0.958 bits per heavy atom. The van der Waals surface area contributed by atoms with E-state index in [4.69, 9.17) is 21.7 Å². The van der Waals surface area contributed by atoms with Crippen molar-refractivity contribution < 1.29 is 41.8 Å². The predicted molar refractivity (Wildman–Crippen MR) is 268 cm³/mol. The summed E-state index contributed by atoms with van der Waals surface area (Å²) >= 11 is 7.21. The van der Waals surface area contributed by atoms with Gasteiger partial charge in [0.25, 0.3) is 11.8 Å². The van der Waals surface area contributed by atoms with Crippen molar-refractivity contribution in [3.05, 3.63) is 124 Å². The van der Waals surface area contributed by atoms with Crippen LogP contribution in [0.25, 0.3) is 10.4 Å². The van der Waals surface area contributed by atoms with Crippen molar-refractivity contribution >= 4 is 63.7 Å². The molecule has 5 aromatic rings. The van der Waals surface area contributed by atoms with E-state index in [1.807, 2.05) is 64.4 Å². The van der Waals surface area contributed by atoms with E-state index in [2.05, 4.69) is 27.5 Å². The zero-order valence-electron chi connectivity index (χ0n) is 40.1. The number of carbonyl (C=O) groups is 4. The summed E-state index contributed by atoms with van der Waals surface area (Å²) in [6.07, 6.45) is -4.31. The van der Waals surface area contributed by atoms with E-state index in [-0.39, 0.29) is 41.7 Å². The number of halogens is 3. The quantitative estimate of drug-likeness (QED) is 0.0863. The van der Waals surface area contributed by atoms with Gasteiger partial charge in [-0.25, -0.2) is 4.98 Å². The maximum Gasteiger partial charge on any atom is 0.417 e. The molecule has 0 aliphatic carbocycles. The van der Waals surface area contributed by atoms with Gasteiger partial charge in [0.2, 0.25) is 11.8 Å². The largest absolute Gasteiger partial charge is 0.484 e. The van der Waals surface area contributed by atoms with Gasteiger partial charge in [-0.3, -0.25) is 24.1 Å².